The zero-order valence-corrected chi connectivity index (χ0v) is 15.9. The third kappa shape index (κ3) is 4.68. The van der Waals surface area contributed by atoms with Crippen molar-refractivity contribution in [1.82, 2.24) is 15.1 Å². The molecule has 1 heterocycles. The highest BCUT2D eigenvalue weighted by Gasteiger charge is 2.43. The SMILES string of the molecule is CN(CC(=O)O)CC1CN(C(=O)NC2CCCCC23CCCC3)CCO1. The molecule has 1 aliphatic heterocycles. The second-order valence-corrected chi connectivity index (χ2v) is 8.35. The molecule has 2 saturated carbocycles. The Labute approximate surface area is 156 Å². The molecule has 0 aromatic carbocycles. The molecule has 2 atom stereocenters. The largest absolute Gasteiger partial charge is 0.480 e. The standard InChI is InChI=1S/C19H33N3O4/c1-21(14-17(23)24)12-15-13-22(10-11-26-15)18(25)20-16-6-2-3-7-19(16)8-4-5-9-19/h15-16H,2-14H2,1H3,(H,20,25)(H,23,24). The lowest BCUT2D eigenvalue weighted by Gasteiger charge is -2.43. The number of ether oxygens (including phenoxy) is 1. The summed E-state index contributed by atoms with van der Waals surface area (Å²) in [6.07, 6.45) is 9.81. The minimum absolute atomic E-state index is 0.0172. The second kappa shape index (κ2) is 8.57. The Morgan fingerprint density at radius 1 is 1.23 bits per heavy atom. The normalized spacial score (nSPS) is 28.5. The number of hydrogen-bond donors (Lipinski definition) is 2. The number of amides is 2. The van der Waals surface area contributed by atoms with Crippen LogP contribution in [-0.2, 0) is 9.53 Å². The van der Waals surface area contributed by atoms with E-state index in [1.165, 1.54) is 44.9 Å². The molecule has 3 rings (SSSR count). The molecule has 148 valence electrons. The number of morpholine rings is 1. The topological polar surface area (TPSA) is 82.1 Å². The van der Waals surface area contributed by atoms with Crippen molar-refractivity contribution in [2.24, 2.45) is 5.41 Å². The predicted molar refractivity (Wildman–Crippen MR) is 98.1 cm³/mol. The van der Waals surface area contributed by atoms with Gasteiger partial charge in [-0.1, -0.05) is 25.7 Å². The van der Waals surface area contributed by atoms with Crippen LogP contribution in [0, 0.1) is 5.41 Å². The van der Waals surface area contributed by atoms with E-state index in [1.54, 1.807) is 11.9 Å². The van der Waals surface area contributed by atoms with Crippen LogP contribution >= 0.6 is 0 Å². The van der Waals surface area contributed by atoms with Gasteiger partial charge in [-0.05, 0) is 38.1 Å². The van der Waals surface area contributed by atoms with Crippen LogP contribution in [0.2, 0.25) is 0 Å². The van der Waals surface area contributed by atoms with Gasteiger partial charge in [0.1, 0.15) is 0 Å². The minimum atomic E-state index is -0.850. The van der Waals surface area contributed by atoms with Crippen LogP contribution in [0.5, 0.6) is 0 Å². The van der Waals surface area contributed by atoms with Crippen molar-refractivity contribution in [2.45, 2.75) is 63.5 Å². The molecule has 0 aromatic heterocycles. The lowest BCUT2D eigenvalue weighted by atomic mass is 9.69. The van der Waals surface area contributed by atoms with Gasteiger partial charge in [0.2, 0.25) is 0 Å². The Bertz CT molecular complexity index is 507. The van der Waals surface area contributed by atoms with Gasteiger partial charge in [0.05, 0.1) is 19.3 Å². The number of likely N-dealkylation sites (N-methyl/N-ethyl adjacent to an activating group) is 1. The number of nitrogens with one attached hydrogen (secondary N) is 1. The summed E-state index contributed by atoms with van der Waals surface area (Å²) in [7, 11) is 1.77. The van der Waals surface area contributed by atoms with E-state index >= 15 is 0 Å². The molecular weight excluding hydrogens is 334 g/mol. The molecule has 1 saturated heterocycles. The minimum Gasteiger partial charge on any atom is -0.480 e. The molecule has 7 nitrogen and oxygen atoms in total. The van der Waals surface area contributed by atoms with Gasteiger partial charge in [0, 0.05) is 25.7 Å². The predicted octanol–water partition coefficient (Wildman–Crippen LogP) is 1.92. The molecule has 2 aliphatic carbocycles. The first-order valence-corrected chi connectivity index (χ1v) is 10.1. The Hall–Kier alpha value is -1.34. The van der Waals surface area contributed by atoms with Crippen molar-refractivity contribution in [3.05, 3.63) is 0 Å². The van der Waals surface area contributed by atoms with Gasteiger partial charge in [-0.25, -0.2) is 4.79 Å². The van der Waals surface area contributed by atoms with Crippen molar-refractivity contribution >= 4 is 12.0 Å². The molecule has 2 unspecified atom stereocenters. The zero-order chi connectivity index (χ0) is 18.6. The van der Waals surface area contributed by atoms with Crippen LogP contribution in [-0.4, -0.2) is 78.9 Å². The summed E-state index contributed by atoms with van der Waals surface area (Å²) in [4.78, 5) is 27.3. The molecule has 2 N–H and O–H groups in total. The number of nitrogens with zero attached hydrogens (tertiary/aromatic N) is 2. The fourth-order valence-corrected chi connectivity index (χ4v) is 5.11. The summed E-state index contributed by atoms with van der Waals surface area (Å²) in [5.74, 6) is -0.850. The molecule has 0 aromatic rings. The van der Waals surface area contributed by atoms with E-state index in [0.717, 1.165) is 6.42 Å². The Morgan fingerprint density at radius 2 is 1.92 bits per heavy atom. The quantitative estimate of drug-likeness (QED) is 0.776. The molecule has 7 heteroatoms. The number of carboxylic acid groups (broad SMARTS) is 1. The van der Waals surface area contributed by atoms with Crippen LogP contribution in [0.4, 0.5) is 4.79 Å². The molecule has 1 spiro atoms. The molecule has 2 amide bonds. The summed E-state index contributed by atoms with van der Waals surface area (Å²) in [5, 5.41) is 12.2. The van der Waals surface area contributed by atoms with Crippen LogP contribution in [0.25, 0.3) is 0 Å². The van der Waals surface area contributed by atoms with E-state index < -0.39 is 5.97 Å². The third-order valence-corrected chi connectivity index (χ3v) is 6.40. The summed E-state index contributed by atoms with van der Waals surface area (Å²) < 4.78 is 5.74. The Kier molecular flexibility index (Phi) is 6.40. The summed E-state index contributed by atoms with van der Waals surface area (Å²) in [5.41, 5.74) is 0.335. The summed E-state index contributed by atoms with van der Waals surface area (Å²) in [6.45, 7) is 2.13. The van der Waals surface area contributed by atoms with Crippen molar-refractivity contribution in [3.63, 3.8) is 0 Å². The highest BCUT2D eigenvalue weighted by atomic mass is 16.5. The fraction of sp³-hybridized carbons (Fsp3) is 0.895. The maximum Gasteiger partial charge on any atom is 0.317 e. The second-order valence-electron chi connectivity index (χ2n) is 8.35. The first kappa shape index (κ1) is 19.4. The molecule has 3 aliphatic rings. The highest BCUT2D eigenvalue weighted by molar-refractivity contribution is 5.74. The molecule has 0 bridgehead atoms. The van der Waals surface area contributed by atoms with Gasteiger partial charge in [-0.2, -0.15) is 0 Å². The molecule has 3 fully saturated rings. The third-order valence-electron chi connectivity index (χ3n) is 6.40. The number of carboxylic acids is 1. The fourth-order valence-electron chi connectivity index (χ4n) is 5.11. The number of carbonyl (C=O) groups is 2. The number of urea groups is 1. The van der Waals surface area contributed by atoms with Crippen LogP contribution < -0.4 is 5.32 Å². The Morgan fingerprint density at radius 3 is 2.62 bits per heavy atom. The van der Waals surface area contributed by atoms with Gasteiger partial charge in [-0.15, -0.1) is 0 Å². The number of rotatable bonds is 5. The Balaban J connectivity index is 1.53. The van der Waals surface area contributed by atoms with E-state index in [4.69, 9.17) is 9.84 Å². The number of hydrogen-bond acceptors (Lipinski definition) is 4. The number of carbonyl (C=O) groups excluding carboxylic acids is 1. The van der Waals surface area contributed by atoms with E-state index in [9.17, 15) is 9.59 Å². The van der Waals surface area contributed by atoms with Gasteiger partial charge >= 0.3 is 12.0 Å². The van der Waals surface area contributed by atoms with Gasteiger partial charge in [0.15, 0.2) is 0 Å². The molecule has 26 heavy (non-hydrogen) atoms. The van der Waals surface area contributed by atoms with Gasteiger partial charge in [-0.3, -0.25) is 9.69 Å². The average molecular weight is 367 g/mol. The lowest BCUT2D eigenvalue weighted by molar-refractivity contribution is -0.138. The van der Waals surface area contributed by atoms with Crippen molar-refractivity contribution < 1.29 is 19.4 Å². The van der Waals surface area contributed by atoms with E-state index in [-0.39, 0.29) is 18.7 Å². The van der Waals surface area contributed by atoms with E-state index in [2.05, 4.69) is 5.32 Å². The van der Waals surface area contributed by atoms with Gasteiger partial charge < -0.3 is 20.1 Å². The lowest BCUT2D eigenvalue weighted by Crippen LogP contribution is -2.57. The van der Waals surface area contributed by atoms with E-state index in [0.29, 0.717) is 37.7 Å². The monoisotopic (exact) mass is 367 g/mol. The van der Waals surface area contributed by atoms with E-state index in [1.807, 2.05) is 4.90 Å². The molecule has 0 radical (unpaired) electrons. The summed E-state index contributed by atoms with van der Waals surface area (Å²) in [6, 6.07) is 0.333. The van der Waals surface area contributed by atoms with Crippen molar-refractivity contribution in [1.29, 1.82) is 0 Å². The maximum atomic E-state index is 12.9. The van der Waals surface area contributed by atoms with Crippen LogP contribution in [0.15, 0.2) is 0 Å². The number of aliphatic carboxylic acids is 1. The maximum absolute atomic E-state index is 12.9. The smallest absolute Gasteiger partial charge is 0.317 e. The molecular formula is C19H33N3O4. The van der Waals surface area contributed by atoms with Crippen LogP contribution in [0.3, 0.4) is 0 Å². The first-order chi connectivity index (χ1) is 12.5. The van der Waals surface area contributed by atoms with Crippen molar-refractivity contribution in [2.75, 3.05) is 39.8 Å². The highest BCUT2D eigenvalue weighted by Crippen LogP contribution is 2.49. The average Bonchev–Trinajstić information content (AvgIpc) is 3.05. The van der Waals surface area contributed by atoms with Crippen molar-refractivity contribution in [3.8, 4) is 0 Å². The first-order valence-electron chi connectivity index (χ1n) is 10.1. The summed E-state index contributed by atoms with van der Waals surface area (Å²) >= 11 is 0. The van der Waals surface area contributed by atoms with Gasteiger partial charge in [0.25, 0.3) is 0 Å². The van der Waals surface area contributed by atoms with Crippen LogP contribution in [0.1, 0.15) is 51.4 Å². The zero-order valence-electron chi connectivity index (χ0n) is 15.9.